The molecule has 6 nitrogen and oxygen atoms in total. The van der Waals surface area contributed by atoms with E-state index < -0.39 is 5.91 Å². The Morgan fingerprint density at radius 1 is 1.10 bits per heavy atom. The largest absolute Gasteiger partial charge is 0.491 e. The lowest BCUT2D eigenvalue weighted by Gasteiger charge is -2.33. The average molecular weight is 542 g/mol. The van der Waals surface area contributed by atoms with Gasteiger partial charge in [0.25, 0.3) is 11.8 Å². The normalized spacial score (nSPS) is 15.3. The molecule has 1 aliphatic carbocycles. The van der Waals surface area contributed by atoms with E-state index in [1.807, 2.05) is 68.4 Å². The highest BCUT2D eigenvalue weighted by Gasteiger charge is 2.33. The summed E-state index contributed by atoms with van der Waals surface area (Å²) in [6.45, 7) is 10.7. The third-order valence-corrected chi connectivity index (χ3v) is 8.62. The first kappa shape index (κ1) is 26.9. The third kappa shape index (κ3) is 5.55. The molecule has 1 atom stereocenters. The van der Waals surface area contributed by atoms with Crippen LogP contribution >= 0.6 is 11.3 Å². The summed E-state index contributed by atoms with van der Waals surface area (Å²) in [6.07, 6.45) is 2.76. The predicted molar refractivity (Wildman–Crippen MR) is 159 cm³/mol. The SMILES string of the molecule is CC(C)Oc1ccc(-c2cc(C(=O)Nc3sc4c(c3C(N)=O)CC[C@H](C(C)(C)C)C4)c3ccccc3n2)cc1. The van der Waals surface area contributed by atoms with Crippen LogP contribution < -0.4 is 15.8 Å². The summed E-state index contributed by atoms with van der Waals surface area (Å²) in [5.41, 5.74) is 10.2. The number of rotatable bonds is 6. The molecule has 2 aromatic carbocycles. The van der Waals surface area contributed by atoms with Crippen molar-refractivity contribution in [2.45, 2.75) is 60.0 Å². The number of pyridine rings is 1. The van der Waals surface area contributed by atoms with Crippen molar-refractivity contribution in [2.75, 3.05) is 5.32 Å². The summed E-state index contributed by atoms with van der Waals surface area (Å²) in [6, 6.07) is 17.1. The summed E-state index contributed by atoms with van der Waals surface area (Å²) in [5, 5.41) is 4.33. The van der Waals surface area contributed by atoms with E-state index in [2.05, 4.69) is 26.1 Å². The molecule has 0 radical (unpaired) electrons. The Kier molecular flexibility index (Phi) is 7.21. The number of nitrogens with one attached hydrogen (secondary N) is 1. The first-order chi connectivity index (χ1) is 18.5. The Hall–Kier alpha value is -3.71. The van der Waals surface area contributed by atoms with Gasteiger partial charge in [-0.25, -0.2) is 4.98 Å². The van der Waals surface area contributed by atoms with E-state index in [-0.39, 0.29) is 17.4 Å². The van der Waals surface area contributed by atoms with Crippen LogP contribution in [0.2, 0.25) is 0 Å². The van der Waals surface area contributed by atoms with Crippen LogP contribution in [0.4, 0.5) is 5.00 Å². The smallest absolute Gasteiger partial charge is 0.257 e. The molecule has 0 fully saturated rings. The minimum absolute atomic E-state index is 0.0810. The van der Waals surface area contributed by atoms with E-state index in [0.717, 1.165) is 51.9 Å². The van der Waals surface area contributed by atoms with Crippen LogP contribution in [0.15, 0.2) is 54.6 Å². The molecule has 2 amide bonds. The van der Waals surface area contributed by atoms with Crippen molar-refractivity contribution in [3.8, 4) is 17.0 Å². The van der Waals surface area contributed by atoms with Crippen molar-refractivity contribution in [1.29, 1.82) is 0 Å². The standard InChI is InChI=1S/C32H35N3O3S/c1-18(2)38-21-13-10-19(11-14-21)26-17-24(22-8-6-7-9-25(22)34-26)30(37)35-31-28(29(33)36)23-15-12-20(32(3,4)5)16-27(23)39-31/h6-11,13-14,17-18,20H,12,15-16H2,1-5H3,(H2,33,36)(H,35,37)/t20-/m0/s1. The van der Waals surface area contributed by atoms with Crippen molar-refractivity contribution in [3.05, 3.63) is 76.2 Å². The summed E-state index contributed by atoms with van der Waals surface area (Å²) in [5.74, 6) is 0.503. The van der Waals surface area contributed by atoms with Crippen LogP contribution in [0.25, 0.3) is 22.2 Å². The van der Waals surface area contributed by atoms with E-state index in [1.54, 1.807) is 0 Å². The van der Waals surface area contributed by atoms with Crippen LogP contribution in [0.3, 0.4) is 0 Å². The molecule has 2 aromatic heterocycles. The number of anilines is 1. The Labute approximate surface area is 233 Å². The lowest BCUT2D eigenvalue weighted by molar-refractivity contribution is 0.1000. The van der Waals surface area contributed by atoms with Gasteiger partial charge in [-0.05, 0) is 86.4 Å². The Morgan fingerprint density at radius 2 is 1.82 bits per heavy atom. The van der Waals surface area contributed by atoms with Gasteiger partial charge in [0, 0.05) is 15.8 Å². The fourth-order valence-electron chi connectivity index (χ4n) is 5.33. The minimum Gasteiger partial charge on any atom is -0.491 e. The number of carbonyl (C=O) groups is 2. The zero-order chi connectivity index (χ0) is 27.9. The molecule has 0 aliphatic heterocycles. The summed E-state index contributed by atoms with van der Waals surface area (Å²) >= 11 is 1.48. The second-order valence-corrected chi connectivity index (χ2v) is 12.7. The molecule has 0 unspecified atom stereocenters. The molecular weight excluding hydrogens is 506 g/mol. The molecule has 5 rings (SSSR count). The first-order valence-electron chi connectivity index (χ1n) is 13.4. The van der Waals surface area contributed by atoms with E-state index in [1.165, 1.54) is 11.3 Å². The highest BCUT2D eigenvalue weighted by atomic mass is 32.1. The van der Waals surface area contributed by atoms with Gasteiger partial charge < -0.3 is 15.8 Å². The number of hydrogen-bond acceptors (Lipinski definition) is 5. The van der Waals surface area contributed by atoms with E-state index in [9.17, 15) is 9.59 Å². The lowest BCUT2D eigenvalue weighted by atomic mass is 9.72. The zero-order valence-corrected chi connectivity index (χ0v) is 23.9. The Bertz CT molecular complexity index is 1550. The first-order valence-corrected chi connectivity index (χ1v) is 14.3. The number of carbonyl (C=O) groups excluding carboxylic acids is 2. The molecule has 39 heavy (non-hydrogen) atoms. The van der Waals surface area contributed by atoms with Crippen molar-refractivity contribution < 1.29 is 14.3 Å². The topological polar surface area (TPSA) is 94.3 Å². The number of hydrogen-bond donors (Lipinski definition) is 2. The van der Waals surface area contributed by atoms with Crippen LogP contribution in [-0.4, -0.2) is 22.9 Å². The highest BCUT2D eigenvalue weighted by molar-refractivity contribution is 7.17. The lowest BCUT2D eigenvalue weighted by Crippen LogP contribution is -2.27. The number of ether oxygens (including phenoxy) is 1. The number of para-hydroxylation sites is 1. The van der Waals surface area contributed by atoms with Crippen molar-refractivity contribution >= 4 is 39.1 Å². The molecule has 4 aromatic rings. The van der Waals surface area contributed by atoms with E-state index in [0.29, 0.717) is 27.7 Å². The fourth-order valence-corrected chi connectivity index (χ4v) is 6.66. The molecule has 2 heterocycles. The molecule has 0 bridgehead atoms. The van der Waals surface area contributed by atoms with Gasteiger partial charge in [0.05, 0.1) is 28.4 Å². The maximum atomic E-state index is 13.8. The number of nitrogens with two attached hydrogens (primary N) is 1. The average Bonchev–Trinajstić information content (AvgIpc) is 3.25. The number of thiophene rings is 1. The predicted octanol–water partition coefficient (Wildman–Crippen LogP) is 7.25. The van der Waals surface area contributed by atoms with Crippen molar-refractivity contribution in [2.24, 2.45) is 17.1 Å². The summed E-state index contributed by atoms with van der Waals surface area (Å²) in [4.78, 5) is 32.3. The van der Waals surface area contributed by atoms with Crippen molar-refractivity contribution in [3.63, 3.8) is 0 Å². The molecule has 3 N–H and O–H groups in total. The Balaban J connectivity index is 1.51. The molecule has 0 saturated carbocycles. The number of amides is 2. The molecule has 1 aliphatic rings. The van der Waals surface area contributed by atoms with Crippen molar-refractivity contribution in [1.82, 2.24) is 4.98 Å². The molecule has 202 valence electrons. The van der Waals surface area contributed by atoms with Gasteiger partial charge >= 0.3 is 0 Å². The molecule has 0 saturated heterocycles. The number of aromatic nitrogens is 1. The second kappa shape index (κ2) is 10.5. The Morgan fingerprint density at radius 3 is 2.49 bits per heavy atom. The van der Waals surface area contributed by atoms with Gasteiger partial charge in [0.15, 0.2) is 0 Å². The quantitative estimate of drug-likeness (QED) is 0.269. The second-order valence-electron chi connectivity index (χ2n) is 11.6. The fraction of sp³-hybridized carbons (Fsp3) is 0.344. The van der Waals surface area contributed by atoms with E-state index in [4.69, 9.17) is 15.5 Å². The van der Waals surface area contributed by atoms with Crippen LogP contribution in [0.1, 0.15) is 72.2 Å². The maximum absolute atomic E-state index is 13.8. The summed E-state index contributed by atoms with van der Waals surface area (Å²) < 4.78 is 5.77. The maximum Gasteiger partial charge on any atom is 0.257 e. The third-order valence-electron chi connectivity index (χ3n) is 7.45. The van der Waals surface area contributed by atoms with Gasteiger partial charge in [-0.1, -0.05) is 39.0 Å². The number of benzene rings is 2. The van der Waals surface area contributed by atoms with Crippen LogP contribution in [-0.2, 0) is 12.8 Å². The molecule has 0 spiro atoms. The number of fused-ring (bicyclic) bond motifs is 2. The van der Waals surface area contributed by atoms with E-state index >= 15 is 0 Å². The monoisotopic (exact) mass is 541 g/mol. The number of nitrogens with zero attached hydrogens (tertiary/aromatic N) is 1. The number of primary amides is 1. The van der Waals surface area contributed by atoms with Gasteiger partial charge in [0.2, 0.25) is 0 Å². The summed E-state index contributed by atoms with van der Waals surface area (Å²) in [7, 11) is 0. The zero-order valence-electron chi connectivity index (χ0n) is 23.1. The van der Waals surface area contributed by atoms with Gasteiger partial charge in [-0.3, -0.25) is 9.59 Å². The molecule has 7 heteroatoms. The van der Waals surface area contributed by atoms with Gasteiger partial charge in [-0.15, -0.1) is 11.3 Å². The highest BCUT2D eigenvalue weighted by Crippen LogP contribution is 2.44. The molecular formula is C32H35N3O3S. The minimum atomic E-state index is -0.499. The van der Waals surface area contributed by atoms with Gasteiger partial charge in [-0.2, -0.15) is 0 Å². The van der Waals surface area contributed by atoms with Gasteiger partial charge in [0.1, 0.15) is 10.8 Å². The van der Waals surface area contributed by atoms with Crippen LogP contribution in [0.5, 0.6) is 5.75 Å². The van der Waals surface area contributed by atoms with Crippen LogP contribution in [0, 0.1) is 11.3 Å².